The van der Waals surface area contributed by atoms with Crippen molar-refractivity contribution in [2.24, 2.45) is 0 Å². The molecule has 188 valence electrons. The molecule has 15 nitrogen and oxygen atoms in total. The first kappa shape index (κ1) is 26.0. The van der Waals surface area contributed by atoms with Crippen LogP contribution >= 0.6 is 0 Å². The monoisotopic (exact) mass is 474 g/mol. The van der Waals surface area contributed by atoms with Gasteiger partial charge in [0.2, 0.25) is 0 Å². The number of hydrogen-bond donors (Lipinski definition) is 10. The second kappa shape index (κ2) is 10.8. The normalized spacial score (nSPS) is 52.7. The summed E-state index contributed by atoms with van der Waals surface area (Å²) in [6.07, 6.45) is -23.0. The Morgan fingerprint density at radius 3 is 1.78 bits per heavy atom. The van der Waals surface area contributed by atoms with Gasteiger partial charge in [0.1, 0.15) is 67.1 Å². The topological polar surface area (TPSA) is 248 Å². The second-order valence-electron chi connectivity index (χ2n) is 7.89. The molecule has 3 fully saturated rings. The molecule has 15 heteroatoms. The van der Waals surface area contributed by atoms with Crippen molar-refractivity contribution < 1.29 is 74.7 Å². The Morgan fingerprint density at radius 1 is 0.594 bits per heavy atom. The van der Waals surface area contributed by atoms with Crippen LogP contribution in [0.15, 0.2) is 0 Å². The van der Waals surface area contributed by atoms with E-state index < -0.39 is 106 Å². The molecule has 0 spiro atoms. The average molecular weight is 474 g/mol. The summed E-state index contributed by atoms with van der Waals surface area (Å²) in [5, 5.41) is 99.2. The maximum Gasteiger partial charge on any atom is 0.187 e. The number of ether oxygens (including phenoxy) is 5. The van der Waals surface area contributed by atoms with E-state index in [1.54, 1.807) is 0 Å². The van der Waals surface area contributed by atoms with Gasteiger partial charge in [0.15, 0.2) is 18.9 Å². The summed E-state index contributed by atoms with van der Waals surface area (Å²) in [6, 6.07) is 0. The summed E-state index contributed by atoms with van der Waals surface area (Å²) < 4.78 is 26.4. The van der Waals surface area contributed by atoms with Gasteiger partial charge in [-0.3, -0.25) is 0 Å². The van der Waals surface area contributed by atoms with Gasteiger partial charge in [-0.15, -0.1) is 0 Å². The summed E-state index contributed by atoms with van der Waals surface area (Å²) in [7, 11) is 0. The van der Waals surface area contributed by atoms with Gasteiger partial charge in [-0.05, 0) is 0 Å². The van der Waals surface area contributed by atoms with Crippen LogP contribution < -0.4 is 0 Å². The van der Waals surface area contributed by atoms with Crippen LogP contribution in [0.3, 0.4) is 0 Å². The highest BCUT2D eigenvalue weighted by molar-refractivity contribution is 4.95. The van der Waals surface area contributed by atoms with Crippen molar-refractivity contribution in [1.82, 2.24) is 0 Å². The Balaban J connectivity index is 1.80. The highest BCUT2D eigenvalue weighted by atomic mass is 16.8. The van der Waals surface area contributed by atoms with Crippen LogP contribution in [0, 0.1) is 0 Å². The van der Waals surface area contributed by atoms with Gasteiger partial charge in [0, 0.05) is 0 Å². The molecule has 3 aliphatic heterocycles. The first-order chi connectivity index (χ1) is 15.1. The molecule has 32 heavy (non-hydrogen) atoms. The zero-order valence-corrected chi connectivity index (χ0v) is 16.7. The Hall–Kier alpha value is -0.600. The zero-order valence-electron chi connectivity index (χ0n) is 16.7. The summed E-state index contributed by atoms with van der Waals surface area (Å²) in [6.45, 7) is -1.93. The molecule has 0 saturated carbocycles. The van der Waals surface area contributed by atoms with Gasteiger partial charge in [0.25, 0.3) is 0 Å². The highest BCUT2D eigenvalue weighted by Crippen LogP contribution is 2.31. The third-order valence-corrected chi connectivity index (χ3v) is 5.70. The lowest BCUT2D eigenvalue weighted by Crippen LogP contribution is -2.66. The van der Waals surface area contributed by atoms with Crippen molar-refractivity contribution in [3.05, 3.63) is 0 Å². The molecular weight excluding hydrogens is 444 g/mol. The molecule has 0 aromatic carbocycles. The molecular formula is C17H30O15. The summed E-state index contributed by atoms with van der Waals surface area (Å²) in [4.78, 5) is 0. The van der Waals surface area contributed by atoms with Crippen LogP contribution in [0.2, 0.25) is 0 Å². The van der Waals surface area contributed by atoms with Crippen LogP contribution in [-0.2, 0) is 23.7 Å². The van der Waals surface area contributed by atoms with Crippen molar-refractivity contribution in [1.29, 1.82) is 0 Å². The Kier molecular flexibility index (Phi) is 8.75. The lowest BCUT2D eigenvalue weighted by atomic mass is 9.96. The molecule has 14 atom stereocenters. The quantitative estimate of drug-likeness (QED) is 0.172. The Morgan fingerprint density at radius 2 is 1.16 bits per heavy atom. The molecule has 10 N–H and O–H groups in total. The van der Waals surface area contributed by atoms with Gasteiger partial charge in [-0.2, -0.15) is 0 Å². The fourth-order valence-corrected chi connectivity index (χ4v) is 3.75. The molecule has 0 amide bonds. The average Bonchev–Trinajstić information content (AvgIpc) is 2.78. The smallest absolute Gasteiger partial charge is 0.187 e. The standard InChI is InChI=1S/C17H30O15/c18-1-5-8(22)10(24)12(26)17(30-5)31-13-9(23)6(2-19)29-15(27)14(13)32-16-11(25)7(21)4(20)3-28-16/h4-27H,1-3H2/t4-,5-,6-,7-,8+,9+,10+,11+,12-,13+,14-,15-,16+,17-/m1/s1. The largest absolute Gasteiger partial charge is 0.394 e. The highest BCUT2D eigenvalue weighted by Gasteiger charge is 2.52. The summed E-state index contributed by atoms with van der Waals surface area (Å²) >= 11 is 0. The summed E-state index contributed by atoms with van der Waals surface area (Å²) in [5.41, 5.74) is 0. The Bertz CT molecular complexity index is 594. The van der Waals surface area contributed by atoms with E-state index in [-0.39, 0.29) is 0 Å². The van der Waals surface area contributed by atoms with Gasteiger partial charge < -0.3 is 74.7 Å². The van der Waals surface area contributed by atoms with E-state index in [4.69, 9.17) is 23.7 Å². The fraction of sp³-hybridized carbons (Fsp3) is 1.00. The SMILES string of the molecule is OC[C@H]1O[C@H](O[C@H]2[C@@H](O)[C@@H](CO)O[C@@H](O)[C@@H]2O[C@@H]2OC[C@@H](O)[C@@H](O)[C@@H]2O)[C@H](O)[C@@H](O)[C@H]1O. The van der Waals surface area contributed by atoms with E-state index in [1.165, 1.54) is 0 Å². The van der Waals surface area contributed by atoms with Crippen LogP contribution in [0.1, 0.15) is 0 Å². The summed E-state index contributed by atoms with van der Waals surface area (Å²) in [5.74, 6) is 0. The van der Waals surface area contributed by atoms with Gasteiger partial charge >= 0.3 is 0 Å². The third kappa shape index (κ3) is 5.07. The lowest BCUT2D eigenvalue weighted by Gasteiger charge is -2.47. The molecule has 0 unspecified atom stereocenters. The molecule has 0 bridgehead atoms. The number of aliphatic hydroxyl groups is 10. The van der Waals surface area contributed by atoms with Crippen LogP contribution in [0.4, 0.5) is 0 Å². The number of aliphatic hydroxyl groups excluding tert-OH is 10. The molecule has 0 aromatic rings. The lowest BCUT2D eigenvalue weighted by molar-refractivity contribution is -0.382. The van der Waals surface area contributed by atoms with Crippen molar-refractivity contribution in [3.63, 3.8) is 0 Å². The minimum Gasteiger partial charge on any atom is -0.394 e. The minimum absolute atomic E-state index is 0.424. The van der Waals surface area contributed by atoms with Crippen molar-refractivity contribution in [2.45, 2.75) is 86.0 Å². The van der Waals surface area contributed by atoms with E-state index in [9.17, 15) is 51.1 Å². The predicted octanol–water partition coefficient (Wildman–Crippen LogP) is -6.93. The molecule has 3 heterocycles. The van der Waals surface area contributed by atoms with Crippen LogP contribution in [0.5, 0.6) is 0 Å². The van der Waals surface area contributed by atoms with Gasteiger partial charge in [-0.1, -0.05) is 0 Å². The molecule has 0 aromatic heterocycles. The molecule has 0 aliphatic carbocycles. The van der Waals surface area contributed by atoms with Crippen LogP contribution in [-0.4, -0.2) is 157 Å². The molecule has 3 saturated heterocycles. The molecule has 0 radical (unpaired) electrons. The van der Waals surface area contributed by atoms with E-state index in [1.807, 2.05) is 0 Å². The third-order valence-electron chi connectivity index (χ3n) is 5.70. The van der Waals surface area contributed by atoms with Crippen molar-refractivity contribution in [2.75, 3.05) is 19.8 Å². The number of hydrogen-bond acceptors (Lipinski definition) is 15. The second-order valence-corrected chi connectivity index (χ2v) is 7.89. The molecule has 3 aliphatic rings. The maximum atomic E-state index is 10.6. The van der Waals surface area contributed by atoms with Crippen LogP contribution in [0.25, 0.3) is 0 Å². The zero-order chi connectivity index (χ0) is 23.7. The van der Waals surface area contributed by atoms with E-state index in [2.05, 4.69) is 0 Å². The molecule has 3 rings (SSSR count). The first-order valence-electron chi connectivity index (χ1n) is 10.00. The predicted molar refractivity (Wildman–Crippen MR) is 95.2 cm³/mol. The van der Waals surface area contributed by atoms with E-state index >= 15 is 0 Å². The minimum atomic E-state index is -1.87. The van der Waals surface area contributed by atoms with Gasteiger partial charge in [0.05, 0.1) is 19.8 Å². The number of rotatable bonds is 6. The fourth-order valence-electron chi connectivity index (χ4n) is 3.75. The van der Waals surface area contributed by atoms with Crippen molar-refractivity contribution >= 4 is 0 Å². The van der Waals surface area contributed by atoms with E-state index in [0.717, 1.165) is 0 Å². The van der Waals surface area contributed by atoms with E-state index in [0.29, 0.717) is 0 Å². The Labute approximate surface area is 181 Å². The first-order valence-corrected chi connectivity index (χ1v) is 10.00. The van der Waals surface area contributed by atoms with Crippen molar-refractivity contribution in [3.8, 4) is 0 Å². The van der Waals surface area contributed by atoms with Gasteiger partial charge in [-0.25, -0.2) is 0 Å². The maximum absolute atomic E-state index is 10.6.